The molecule has 0 fully saturated rings. The molecule has 0 radical (unpaired) electrons. The molecular weight excluding hydrogens is 286 g/mol. The molecule has 0 aromatic carbocycles. The van der Waals surface area contributed by atoms with Gasteiger partial charge in [-0.3, -0.25) is 4.79 Å². The molecule has 0 saturated carbocycles. The van der Waals surface area contributed by atoms with E-state index in [1.807, 2.05) is 0 Å². The summed E-state index contributed by atoms with van der Waals surface area (Å²) in [5.74, 6) is -0.398. The van der Waals surface area contributed by atoms with Crippen LogP contribution in [-0.2, 0) is 17.1 Å². The van der Waals surface area contributed by atoms with Gasteiger partial charge >= 0.3 is 0 Å². The average Bonchev–Trinajstić information content (AvgIpc) is 2.80. The predicted octanol–water partition coefficient (Wildman–Crippen LogP) is -1.64. The molecule has 3 N–H and O–H groups in total. The molecule has 1 rings (SSSR count). The van der Waals surface area contributed by atoms with Gasteiger partial charge in [-0.05, 0) is 6.07 Å². The quantitative estimate of drug-likeness (QED) is 0.559. The van der Waals surface area contributed by atoms with Crippen molar-refractivity contribution in [2.24, 2.45) is 7.05 Å². The van der Waals surface area contributed by atoms with Crippen LogP contribution in [0.1, 0.15) is 10.5 Å². The minimum Gasteiger partial charge on any atom is -0.395 e. The second-order valence-electron chi connectivity index (χ2n) is 4.10. The second kappa shape index (κ2) is 6.84. The SMILES string of the molecule is CNC(=O)c1cc(S(=O)(=O)N(CCO)CCO)cn1C. The fourth-order valence-electron chi connectivity index (χ4n) is 1.75. The van der Waals surface area contributed by atoms with Gasteiger partial charge in [0, 0.05) is 33.4 Å². The normalized spacial score (nSPS) is 11.8. The number of amides is 1. The maximum Gasteiger partial charge on any atom is 0.267 e. The van der Waals surface area contributed by atoms with Crippen LogP contribution < -0.4 is 5.32 Å². The third-order valence-electron chi connectivity index (χ3n) is 2.78. The van der Waals surface area contributed by atoms with Crippen molar-refractivity contribution in [3.8, 4) is 0 Å². The van der Waals surface area contributed by atoms with Crippen LogP contribution in [0.4, 0.5) is 0 Å². The van der Waals surface area contributed by atoms with E-state index in [2.05, 4.69) is 5.32 Å². The number of carbonyl (C=O) groups excluding carboxylic acids is 1. The Bertz CT molecular complexity index is 561. The van der Waals surface area contributed by atoms with Crippen LogP contribution in [0.3, 0.4) is 0 Å². The van der Waals surface area contributed by atoms with Crippen LogP contribution in [0, 0.1) is 0 Å². The van der Waals surface area contributed by atoms with E-state index in [0.717, 1.165) is 4.31 Å². The lowest BCUT2D eigenvalue weighted by atomic mass is 10.4. The third kappa shape index (κ3) is 3.37. The van der Waals surface area contributed by atoms with Gasteiger partial charge in [-0.1, -0.05) is 0 Å². The molecule has 0 aliphatic rings. The number of hydrogen-bond donors (Lipinski definition) is 3. The van der Waals surface area contributed by atoms with Crippen LogP contribution in [-0.4, -0.2) is 66.8 Å². The fourth-order valence-corrected chi connectivity index (χ4v) is 3.25. The highest BCUT2D eigenvalue weighted by atomic mass is 32.2. The van der Waals surface area contributed by atoms with Crippen LogP contribution >= 0.6 is 0 Å². The Morgan fingerprint density at radius 2 is 1.90 bits per heavy atom. The van der Waals surface area contributed by atoms with E-state index in [1.165, 1.54) is 23.9 Å². The summed E-state index contributed by atoms with van der Waals surface area (Å²) in [6.07, 6.45) is 1.32. The van der Waals surface area contributed by atoms with E-state index >= 15 is 0 Å². The van der Waals surface area contributed by atoms with E-state index in [1.54, 1.807) is 7.05 Å². The molecule has 8 nitrogen and oxygen atoms in total. The fraction of sp³-hybridized carbons (Fsp3) is 0.545. The highest BCUT2D eigenvalue weighted by Gasteiger charge is 2.26. The van der Waals surface area contributed by atoms with Gasteiger partial charge in [0.15, 0.2) is 0 Å². The minimum atomic E-state index is -3.86. The zero-order chi connectivity index (χ0) is 15.3. The van der Waals surface area contributed by atoms with Crippen LogP contribution in [0.25, 0.3) is 0 Å². The molecule has 0 bridgehead atoms. The topological polar surface area (TPSA) is 112 Å². The second-order valence-corrected chi connectivity index (χ2v) is 6.04. The minimum absolute atomic E-state index is 0.0551. The summed E-state index contributed by atoms with van der Waals surface area (Å²) in [5.41, 5.74) is 0.207. The largest absolute Gasteiger partial charge is 0.395 e. The average molecular weight is 305 g/mol. The summed E-state index contributed by atoms with van der Waals surface area (Å²) in [6.45, 7) is -0.942. The lowest BCUT2D eigenvalue weighted by Crippen LogP contribution is -2.35. The lowest BCUT2D eigenvalue weighted by molar-refractivity contribution is 0.0955. The number of hydrogen-bond acceptors (Lipinski definition) is 5. The van der Waals surface area contributed by atoms with E-state index in [0.29, 0.717) is 0 Å². The summed E-state index contributed by atoms with van der Waals surface area (Å²) in [4.78, 5) is 11.5. The number of aliphatic hydroxyl groups excluding tert-OH is 2. The van der Waals surface area contributed by atoms with Crippen LogP contribution in [0.15, 0.2) is 17.2 Å². The van der Waals surface area contributed by atoms with Gasteiger partial charge in [0.1, 0.15) is 10.6 Å². The number of sulfonamides is 1. The van der Waals surface area contributed by atoms with Crippen molar-refractivity contribution in [3.63, 3.8) is 0 Å². The predicted molar refractivity (Wildman–Crippen MR) is 71.7 cm³/mol. The number of nitrogens with zero attached hydrogens (tertiary/aromatic N) is 2. The highest BCUT2D eigenvalue weighted by Crippen LogP contribution is 2.18. The van der Waals surface area contributed by atoms with Crippen molar-refractivity contribution < 1.29 is 23.4 Å². The van der Waals surface area contributed by atoms with E-state index in [-0.39, 0.29) is 36.9 Å². The zero-order valence-corrected chi connectivity index (χ0v) is 12.2. The van der Waals surface area contributed by atoms with Gasteiger partial charge < -0.3 is 20.1 Å². The van der Waals surface area contributed by atoms with Gasteiger partial charge in [0.25, 0.3) is 5.91 Å². The van der Waals surface area contributed by atoms with E-state index < -0.39 is 15.9 Å². The van der Waals surface area contributed by atoms with Gasteiger partial charge in [0.2, 0.25) is 10.0 Å². The van der Waals surface area contributed by atoms with Gasteiger partial charge in [0.05, 0.1) is 13.2 Å². The van der Waals surface area contributed by atoms with Gasteiger partial charge in [-0.25, -0.2) is 8.42 Å². The van der Waals surface area contributed by atoms with Crippen LogP contribution in [0.2, 0.25) is 0 Å². The Hall–Kier alpha value is -1.42. The first-order chi connectivity index (χ1) is 9.38. The van der Waals surface area contributed by atoms with Crippen molar-refractivity contribution in [3.05, 3.63) is 18.0 Å². The Balaban J connectivity index is 3.17. The molecule has 1 aromatic rings. The van der Waals surface area contributed by atoms with Crippen LogP contribution in [0.5, 0.6) is 0 Å². The number of rotatable bonds is 7. The smallest absolute Gasteiger partial charge is 0.267 e. The summed E-state index contributed by atoms with van der Waals surface area (Å²) in [5, 5.41) is 20.2. The molecular formula is C11H19N3O5S. The molecule has 1 amide bonds. The molecule has 114 valence electrons. The number of aromatic nitrogens is 1. The Morgan fingerprint density at radius 1 is 1.35 bits per heavy atom. The molecule has 20 heavy (non-hydrogen) atoms. The van der Waals surface area contributed by atoms with Crippen molar-refractivity contribution >= 4 is 15.9 Å². The molecule has 1 aromatic heterocycles. The Morgan fingerprint density at radius 3 is 2.35 bits per heavy atom. The molecule has 0 unspecified atom stereocenters. The number of nitrogens with one attached hydrogen (secondary N) is 1. The first kappa shape index (κ1) is 16.6. The molecule has 9 heteroatoms. The highest BCUT2D eigenvalue weighted by molar-refractivity contribution is 7.89. The monoisotopic (exact) mass is 305 g/mol. The summed E-state index contributed by atoms with van der Waals surface area (Å²) in [7, 11) is -0.843. The Labute approximate surface area is 117 Å². The zero-order valence-electron chi connectivity index (χ0n) is 11.4. The standard InChI is InChI=1S/C11H19N3O5S/c1-12-11(17)10-7-9(8-13(10)2)20(18,19)14(3-5-15)4-6-16/h7-8,15-16H,3-6H2,1-2H3,(H,12,17). The molecule has 0 aliphatic carbocycles. The van der Waals surface area contributed by atoms with Crippen molar-refractivity contribution in [1.29, 1.82) is 0 Å². The molecule has 0 atom stereocenters. The first-order valence-electron chi connectivity index (χ1n) is 5.98. The van der Waals surface area contributed by atoms with E-state index in [9.17, 15) is 13.2 Å². The maximum atomic E-state index is 12.3. The third-order valence-corrected chi connectivity index (χ3v) is 4.64. The number of aliphatic hydroxyl groups is 2. The summed E-state index contributed by atoms with van der Waals surface area (Å²) < 4.78 is 27.1. The van der Waals surface area contributed by atoms with Crippen molar-refractivity contribution in [2.45, 2.75) is 4.90 Å². The molecule has 1 heterocycles. The summed E-state index contributed by atoms with van der Waals surface area (Å²) >= 11 is 0. The maximum absolute atomic E-state index is 12.3. The van der Waals surface area contributed by atoms with E-state index in [4.69, 9.17) is 10.2 Å². The lowest BCUT2D eigenvalue weighted by Gasteiger charge is -2.19. The molecule has 0 spiro atoms. The Kier molecular flexibility index (Phi) is 5.69. The van der Waals surface area contributed by atoms with Gasteiger partial charge in [-0.15, -0.1) is 0 Å². The number of carbonyl (C=O) groups is 1. The summed E-state index contributed by atoms with van der Waals surface area (Å²) in [6, 6.07) is 1.26. The van der Waals surface area contributed by atoms with Gasteiger partial charge in [-0.2, -0.15) is 4.31 Å². The van der Waals surface area contributed by atoms with Crippen molar-refractivity contribution in [1.82, 2.24) is 14.2 Å². The molecule has 0 aliphatic heterocycles. The van der Waals surface area contributed by atoms with Crippen molar-refractivity contribution in [2.75, 3.05) is 33.4 Å². The first-order valence-corrected chi connectivity index (χ1v) is 7.42. The molecule has 0 saturated heterocycles. The number of aryl methyl sites for hydroxylation is 1.